The first kappa shape index (κ1) is 14.8. The molecule has 0 aliphatic carbocycles. The average molecular weight is 304 g/mol. The van der Waals surface area contributed by atoms with E-state index < -0.39 is 11.7 Å². The lowest BCUT2D eigenvalue weighted by Crippen LogP contribution is -2.07. The van der Waals surface area contributed by atoms with Crippen LogP contribution in [0.4, 0.5) is 13.2 Å². The predicted octanol–water partition coefficient (Wildman–Crippen LogP) is 5.46. The molecule has 0 N–H and O–H groups in total. The molecule has 0 saturated carbocycles. The number of benzene rings is 1. The van der Waals surface area contributed by atoms with Gasteiger partial charge in [-0.2, -0.15) is 13.2 Å². The fourth-order valence-corrected chi connectivity index (χ4v) is 1.75. The molecular weight excluding hydrogens is 292 g/mol. The summed E-state index contributed by atoms with van der Waals surface area (Å²) in [7, 11) is 0. The molecule has 0 fully saturated rings. The molecule has 0 heterocycles. The number of alkyl halides is 3. The second kappa shape index (κ2) is 5.75. The Morgan fingerprint density at radius 1 is 1.20 bits per heavy atom. The van der Waals surface area contributed by atoms with Crippen molar-refractivity contribution in [1.82, 2.24) is 0 Å². The van der Waals surface area contributed by atoms with Crippen LogP contribution in [0.2, 0.25) is 5.02 Å². The first-order valence-corrected chi connectivity index (χ1v) is 5.52. The van der Waals surface area contributed by atoms with E-state index in [2.05, 4.69) is 15.9 Å². The highest BCUT2D eigenvalue weighted by Crippen LogP contribution is 2.36. The summed E-state index contributed by atoms with van der Waals surface area (Å²) in [6.07, 6.45) is -4.35. The van der Waals surface area contributed by atoms with Gasteiger partial charge in [-0.15, -0.1) is 0 Å². The minimum atomic E-state index is -4.35. The third-order valence-corrected chi connectivity index (χ3v) is 2.66. The molecule has 0 atom stereocenters. The van der Waals surface area contributed by atoms with Crippen LogP contribution >= 0.6 is 27.5 Å². The monoisotopic (exact) mass is 302 g/mol. The van der Waals surface area contributed by atoms with E-state index in [1.807, 2.05) is 13.8 Å². The van der Waals surface area contributed by atoms with Gasteiger partial charge in [0.05, 0.1) is 5.56 Å². The van der Waals surface area contributed by atoms with Crippen LogP contribution in [0.25, 0.3) is 0 Å². The van der Waals surface area contributed by atoms with Crippen molar-refractivity contribution in [3.05, 3.63) is 32.8 Å². The molecule has 0 radical (unpaired) electrons. The zero-order chi connectivity index (χ0) is 12.2. The maximum absolute atomic E-state index is 12.3. The Kier molecular flexibility index (Phi) is 5.67. The Hall–Kier alpha value is -0.220. The highest BCUT2D eigenvalue weighted by molar-refractivity contribution is 9.10. The van der Waals surface area contributed by atoms with Gasteiger partial charge in [0, 0.05) is 9.50 Å². The third kappa shape index (κ3) is 4.03. The van der Waals surface area contributed by atoms with Crippen LogP contribution in [0.3, 0.4) is 0 Å². The van der Waals surface area contributed by atoms with Gasteiger partial charge in [-0.3, -0.25) is 0 Å². The molecule has 0 spiro atoms. The van der Waals surface area contributed by atoms with Gasteiger partial charge in [0.25, 0.3) is 0 Å². The van der Waals surface area contributed by atoms with E-state index in [9.17, 15) is 13.2 Å². The van der Waals surface area contributed by atoms with Crippen LogP contribution in [-0.4, -0.2) is 0 Å². The van der Waals surface area contributed by atoms with E-state index in [4.69, 9.17) is 11.6 Å². The standard InChI is InChI=1S/C8H5BrClF3.C2H6/c1-4-6(8(11,12)13)2-5(10)3-7(4)9;1-2/h2-3H,1H3;1-2H3. The SMILES string of the molecule is CC.Cc1c(Br)cc(Cl)cc1C(F)(F)F. The zero-order valence-corrected chi connectivity index (χ0v) is 10.9. The van der Waals surface area contributed by atoms with Crippen molar-refractivity contribution in [3.63, 3.8) is 0 Å². The summed E-state index contributed by atoms with van der Waals surface area (Å²) < 4.78 is 37.4. The molecule has 86 valence electrons. The molecule has 0 aliphatic heterocycles. The Morgan fingerprint density at radius 2 is 1.67 bits per heavy atom. The van der Waals surface area contributed by atoms with Crippen molar-refractivity contribution in [2.45, 2.75) is 26.9 Å². The summed E-state index contributed by atoms with van der Waals surface area (Å²) in [6.45, 7) is 5.39. The molecule has 0 aromatic heterocycles. The van der Waals surface area contributed by atoms with E-state index in [0.717, 1.165) is 6.07 Å². The Bertz CT molecular complexity index is 334. The fraction of sp³-hybridized carbons (Fsp3) is 0.400. The smallest absolute Gasteiger partial charge is 0.166 e. The highest BCUT2D eigenvalue weighted by atomic mass is 79.9. The van der Waals surface area contributed by atoms with E-state index in [1.165, 1.54) is 13.0 Å². The summed E-state index contributed by atoms with van der Waals surface area (Å²) >= 11 is 8.50. The van der Waals surface area contributed by atoms with E-state index in [0.29, 0.717) is 4.47 Å². The van der Waals surface area contributed by atoms with Gasteiger partial charge in [-0.05, 0) is 24.6 Å². The second-order valence-electron chi connectivity index (χ2n) is 2.56. The Morgan fingerprint density at radius 3 is 2.07 bits per heavy atom. The molecule has 0 unspecified atom stereocenters. The third-order valence-electron chi connectivity index (χ3n) is 1.61. The van der Waals surface area contributed by atoms with Crippen molar-refractivity contribution in [3.8, 4) is 0 Å². The number of hydrogen-bond donors (Lipinski definition) is 0. The summed E-state index contributed by atoms with van der Waals surface area (Å²) in [5.74, 6) is 0. The molecule has 0 bridgehead atoms. The summed E-state index contributed by atoms with van der Waals surface area (Å²) in [5.41, 5.74) is -0.552. The van der Waals surface area contributed by atoms with Gasteiger partial charge >= 0.3 is 6.18 Å². The molecule has 0 nitrogen and oxygen atoms in total. The zero-order valence-electron chi connectivity index (χ0n) is 8.54. The van der Waals surface area contributed by atoms with E-state index >= 15 is 0 Å². The van der Waals surface area contributed by atoms with Crippen molar-refractivity contribution < 1.29 is 13.2 Å². The van der Waals surface area contributed by atoms with Gasteiger partial charge in [-0.25, -0.2) is 0 Å². The maximum Gasteiger partial charge on any atom is 0.416 e. The van der Waals surface area contributed by atoms with Crippen LogP contribution in [0.5, 0.6) is 0 Å². The molecule has 0 aliphatic rings. The molecule has 1 aromatic rings. The highest BCUT2D eigenvalue weighted by Gasteiger charge is 2.33. The van der Waals surface area contributed by atoms with E-state index in [-0.39, 0.29) is 10.6 Å². The van der Waals surface area contributed by atoms with Crippen LogP contribution < -0.4 is 0 Å². The largest absolute Gasteiger partial charge is 0.416 e. The second-order valence-corrected chi connectivity index (χ2v) is 3.85. The van der Waals surface area contributed by atoms with Crippen molar-refractivity contribution in [2.75, 3.05) is 0 Å². The lowest BCUT2D eigenvalue weighted by molar-refractivity contribution is -0.138. The lowest BCUT2D eigenvalue weighted by atomic mass is 10.1. The minimum absolute atomic E-state index is 0.0739. The van der Waals surface area contributed by atoms with Gasteiger partial charge in [0.1, 0.15) is 0 Å². The molecule has 1 rings (SSSR count). The first-order chi connectivity index (χ1) is 6.82. The molecule has 0 amide bonds. The van der Waals surface area contributed by atoms with Crippen LogP contribution in [-0.2, 0) is 6.18 Å². The summed E-state index contributed by atoms with van der Waals surface area (Å²) in [6, 6.07) is 2.35. The predicted molar refractivity (Wildman–Crippen MR) is 60.2 cm³/mol. The van der Waals surface area contributed by atoms with Gasteiger partial charge < -0.3 is 0 Å². The van der Waals surface area contributed by atoms with E-state index in [1.54, 1.807) is 0 Å². The normalized spacial score (nSPS) is 10.7. The summed E-state index contributed by atoms with van der Waals surface area (Å²) in [4.78, 5) is 0. The Balaban J connectivity index is 0.000000921. The molecule has 1 aromatic carbocycles. The Labute approximate surface area is 101 Å². The van der Waals surface area contributed by atoms with Crippen LogP contribution in [0.1, 0.15) is 25.0 Å². The van der Waals surface area contributed by atoms with Gasteiger partial charge in [0.15, 0.2) is 0 Å². The summed E-state index contributed by atoms with van der Waals surface area (Å²) in [5, 5.41) is 0.0739. The van der Waals surface area contributed by atoms with Crippen molar-refractivity contribution in [1.29, 1.82) is 0 Å². The van der Waals surface area contributed by atoms with Gasteiger partial charge in [0.2, 0.25) is 0 Å². The fourth-order valence-electron chi connectivity index (χ4n) is 0.940. The number of hydrogen-bond acceptors (Lipinski definition) is 0. The number of rotatable bonds is 0. The molecule has 5 heteroatoms. The minimum Gasteiger partial charge on any atom is -0.166 e. The molecular formula is C10H11BrClF3. The molecule has 15 heavy (non-hydrogen) atoms. The van der Waals surface area contributed by atoms with Gasteiger partial charge in [-0.1, -0.05) is 41.4 Å². The maximum atomic E-state index is 12.3. The van der Waals surface area contributed by atoms with Crippen LogP contribution in [0, 0.1) is 6.92 Å². The van der Waals surface area contributed by atoms with Crippen LogP contribution in [0.15, 0.2) is 16.6 Å². The number of halogens is 5. The average Bonchev–Trinajstić information content (AvgIpc) is 2.13. The molecule has 0 saturated heterocycles. The van der Waals surface area contributed by atoms with Crippen molar-refractivity contribution in [2.24, 2.45) is 0 Å². The lowest BCUT2D eigenvalue weighted by Gasteiger charge is -2.11. The van der Waals surface area contributed by atoms with Crippen molar-refractivity contribution >= 4 is 27.5 Å². The quantitative estimate of drug-likeness (QED) is 0.597. The first-order valence-electron chi connectivity index (χ1n) is 4.35. The topological polar surface area (TPSA) is 0 Å².